The average molecular weight is 221 g/mol. The van der Waals surface area contributed by atoms with Gasteiger partial charge in [-0.3, -0.25) is 4.79 Å². The van der Waals surface area contributed by atoms with Crippen LogP contribution in [0.15, 0.2) is 18.2 Å². The Morgan fingerprint density at radius 3 is 2.81 bits per heavy atom. The summed E-state index contributed by atoms with van der Waals surface area (Å²) in [7, 11) is 0. The number of amides is 1. The van der Waals surface area contributed by atoms with Gasteiger partial charge in [0.15, 0.2) is 0 Å². The second-order valence-corrected chi connectivity index (χ2v) is 4.19. The van der Waals surface area contributed by atoms with E-state index < -0.39 is 6.10 Å². The number of hydrogen-bond acceptors (Lipinski definition) is 3. The van der Waals surface area contributed by atoms with E-state index in [1.807, 2.05) is 0 Å². The summed E-state index contributed by atoms with van der Waals surface area (Å²) < 4.78 is 0. The smallest absolute Gasteiger partial charge is 0.254 e. The second kappa shape index (κ2) is 4.14. The molecule has 0 aromatic heterocycles. The molecule has 1 saturated heterocycles. The summed E-state index contributed by atoms with van der Waals surface area (Å²) in [4.78, 5) is 13.7. The quantitative estimate of drug-likeness (QED) is 0.741. The molecule has 0 bridgehead atoms. The molecule has 4 heteroatoms. The van der Waals surface area contributed by atoms with E-state index in [4.69, 9.17) is 0 Å². The van der Waals surface area contributed by atoms with E-state index in [1.54, 1.807) is 24.0 Å². The van der Waals surface area contributed by atoms with Crippen LogP contribution in [0.25, 0.3) is 0 Å². The number of phenolic OH excluding ortho intramolecular Hbond substituents is 1. The Balaban J connectivity index is 2.21. The van der Waals surface area contributed by atoms with Crippen LogP contribution in [-0.2, 0) is 0 Å². The van der Waals surface area contributed by atoms with Crippen LogP contribution in [0.5, 0.6) is 5.75 Å². The van der Waals surface area contributed by atoms with Crippen LogP contribution in [0, 0.1) is 6.92 Å². The number of nitrogens with zero attached hydrogens (tertiary/aromatic N) is 1. The Bertz CT molecular complexity index is 417. The molecule has 0 aliphatic carbocycles. The summed E-state index contributed by atoms with van der Waals surface area (Å²) >= 11 is 0. The predicted octanol–water partition coefficient (Wildman–Crippen LogP) is 0.907. The molecule has 1 amide bonds. The lowest BCUT2D eigenvalue weighted by Crippen LogP contribution is -2.30. The standard InChI is InChI=1S/C12H15NO3/c1-8-6-9(14)2-3-11(8)12(16)13-5-4-10(15)7-13/h2-3,6,10,14-15H,4-5,7H2,1H3/t10-/m0/s1. The lowest BCUT2D eigenvalue weighted by Gasteiger charge is -2.16. The van der Waals surface area contributed by atoms with Crippen LogP contribution in [0.4, 0.5) is 0 Å². The third-order valence-corrected chi connectivity index (χ3v) is 2.89. The first-order valence-corrected chi connectivity index (χ1v) is 5.35. The molecule has 0 unspecified atom stereocenters. The summed E-state index contributed by atoms with van der Waals surface area (Å²) in [6.07, 6.45) is 0.240. The van der Waals surface area contributed by atoms with Gasteiger partial charge >= 0.3 is 0 Å². The highest BCUT2D eigenvalue weighted by molar-refractivity contribution is 5.96. The third-order valence-electron chi connectivity index (χ3n) is 2.89. The summed E-state index contributed by atoms with van der Waals surface area (Å²) in [6, 6.07) is 4.70. The summed E-state index contributed by atoms with van der Waals surface area (Å²) in [6.45, 7) is 2.79. The van der Waals surface area contributed by atoms with Crippen LogP contribution in [0.3, 0.4) is 0 Å². The van der Waals surface area contributed by atoms with Crippen molar-refractivity contribution in [3.05, 3.63) is 29.3 Å². The van der Waals surface area contributed by atoms with Gasteiger partial charge in [0.05, 0.1) is 6.10 Å². The van der Waals surface area contributed by atoms with Crippen LogP contribution in [0.2, 0.25) is 0 Å². The minimum absolute atomic E-state index is 0.0750. The van der Waals surface area contributed by atoms with Gasteiger partial charge in [0.2, 0.25) is 0 Å². The van der Waals surface area contributed by atoms with Crippen molar-refractivity contribution in [3.8, 4) is 5.75 Å². The number of aromatic hydroxyl groups is 1. The number of hydrogen-bond donors (Lipinski definition) is 2. The number of carbonyl (C=O) groups is 1. The van der Waals surface area contributed by atoms with Gasteiger partial charge in [0.1, 0.15) is 5.75 Å². The van der Waals surface area contributed by atoms with E-state index in [0.717, 1.165) is 5.56 Å². The molecule has 1 fully saturated rings. The van der Waals surface area contributed by atoms with Gasteiger partial charge in [-0.05, 0) is 37.1 Å². The fourth-order valence-corrected chi connectivity index (χ4v) is 1.98. The Morgan fingerprint density at radius 1 is 1.50 bits per heavy atom. The number of aliphatic hydroxyl groups excluding tert-OH is 1. The first-order chi connectivity index (χ1) is 7.58. The molecule has 1 atom stereocenters. The maximum atomic E-state index is 12.1. The Labute approximate surface area is 94.1 Å². The van der Waals surface area contributed by atoms with E-state index >= 15 is 0 Å². The molecule has 2 N–H and O–H groups in total. The van der Waals surface area contributed by atoms with Crippen LogP contribution in [0.1, 0.15) is 22.3 Å². The fourth-order valence-electron chi connectivity index (χ4n) is 1.98. The summed E-state index contributed by atoms with van der Waals surface area (Å²) in [5.74, 6) is 0.0876. The van der Waals surface area contributed by atoms with Crippen molar-refractivity contribution < 1.29 is 15.0 Å². The molecule has 1 aliphatic rings. The fraction of sp³-hybridized carbons (Fsp3) is 0.417. The molecule has 4 nitrogen and oxygen atoms in total. The van der Waals surface area contributed by atoms with Crippen molar-refractivity contribution in [2.24, 2.45) is 0 Å². The Morgan fingerprint density at radius 2 is 2.25 bits per heavy atom. The van der Waals surface area contributed by atoms with Gasteiger partial charge < -0.3 is 15.1 Å². The Kier molecular flexibility index (Phi) is 2.83. The SMILES string of the molecule is Cc1cc(O)ccc1C(=O)N1CC[C@H](O)C1. The largest absolute Gasteiger partial charge is 0.508 e. The van der Waals surface area contributed by atoms with Gasteiger partial charge in [-0.2, -0.15) is 0 Å². The zero-order valence-electron chi connectivity index (χ0n) is 9.18. The number of aliphatic hydroxyl groups is 1. The first kappa shape index (κ1) is 11.0. The van der Waals surface area contributed by atoms with Crippen molar-refractivity contribution in [3.63, 3.8) is 0 Å². The van der Waals surface area contributed by atoms with E-state index in [9.17, 15) is 15.0 Å². The molecular formula is C12H15NO3. The van der Waals surface area contributed by atoms with Crippen LogP contribution >= 0.6 is 0 Å². The number of likely N-dealkylation sites (tertiary alicyclic amines) is 1. The number of benzene rings is 1. The summed E-state index contributed by atoms with van der Waals surface area (Å²) in [5, 5.41) is 18.6. The maximum absolute atomic E-state index is 12.1. The summed E-state index contributed by atoms with van der Waals surface area (Å²) in [5.41, 5.74) is 1.35. The van der Waals surface area contributed by atoms with Gasteiger partial charge in [0, 0.05) is 18.7 Å². The zero-order chi connectivity index (χ0) is 11.7. The molecule has 2 rings (SSSR count). The number of aryl methyl sites for hydroxylation is 1. The van der Waals surface area contributed by atoms with E-state index in [0.29, 0.717) is 25.1 Å². The maximum Gasteiger partial charge on any atom is 0.254 e. The minimum Gasteiger partial charge on any atom is -0.508 e. The molecule has 1 aromatic rings. The van der Waals surface area contributed by atoms with Gasteiger partial charge in [0.25, 0.3) is 5.91 Å². The third kappa shape index (κ3) is 2.02. The molecule has 16 heavy (non-hydrogen) atoms. The van der Waals surface area contributed by atoms with E-state index in [2.05, 4.69) is 0 Å². The number of rotatable bonds is 1. The molecule has 86 valence electrons. The molecule has 1 aliphatic heterocycles. The minimum atomic E-state index is -0.402. The first-order valence-electron chi connectivity index (χ1n) is 5.35. The number of phenols is 1. The highest BCUT2D eigenvalue weighted by Crippen LogP contribution is 2.19. The van der Waals surface area contributed by atoms with Crippen LogP contribution < -0.4 is 0 Å². The van der Waals surface area contributed by atoms with Gasteiger partial charge in [-0.1, -0.05) is 0 Å². The monoisotopic (exact) mass is 221 g/mol. The molecule has 0 spiro atoms. The highest BCUT2D eigenvalue weighted by Gasteiger charge is 2.26. The second-order valence-electron chi connectivity index (χ2n) is 4.19. The van der Waals surface area contributed by atoms with E-state index in [1.165, 1.54) is 6.07 Å². The highest BCUT2D eigenvalue weighted by atomic mass is 16.3. The van der Waals surface area contributed by atoms with E-state index in [-0.39, 0.29) is 11.7 Å². The average Bonchev–Trinajstić information content (AvgIpc) is 2.64. The van der Waals surface area contributed by atoms with Gasteiger partial charge in [-0.15, -0.1) is 0 Å². The van der Waals surface area contributed by atoms with Crippen molar-refractivity contribution in [2.75, 3.05) is 13.1 Å². The lowest BCUT2D eigenvalue weighted by molar-refractivity contribution is 0.0764. The van der Waals surface area contributed by atoms with Gasteiger partial charge in [-0.25, -0.2) is 0 Å². The molecule has 1 aromatic carbocycles. The number of carbonyl (C=O) groups excluding carboxylic acids is 1. The number of β-amino-alcohol motifs (C(OH)–C–C–N with tert-alkyl or cyclic N) is 1. The molecule has 0 radical (unpaired) electrons. The van der Waals surface area contributed by atoms with Crippen molar-refractivity contribution in [1.82, 2.24) is 4.90 Å². The predicted molar refractivity (Wildman–Crippen MR) is 59.4 cm³/mol. The molecular weight excluding hydrogens is 206 g/mol. The van der Waals surface area contributed by atoms with Crippen molar-refractivity contribution in [2.45, 2.75) is 19.4 Å². The molecule has 0 saturated carbocycles. The normalized spacial score (nSPS) is 20.1. The van der Waals surface area contributed by atoms with Crippen molar-refractivity contribution >= 4 is 5.91 Å². The lowest BCUT2D eigenvalue weighted by atomic mass is 10.1. The van der Waals surface area contributed by atoms with Crippen LogP contribution in [-0.4, -0.2) is 40.2 Å². The topological polar surface area (TPSA) is 60.8 Å². The Hall–Kier alpha value is -1.55. The molecule has 1 heterocycles. The zero-order valence-corrected chi connectivity index (χ0v) is 9.18. The van der Waals surface area contributed by atoms with Crippen molar-refractivity contribution in [1.29, 1.82) is 0 Å².